The normalized spacial score (nSPS) is 12.9. The van der Waals surface area contributed by atoms with Crippen LogP contribution in [0.2, 0.25) is 0 Å². The summed E-state index contributed by atoms with van der Waals surface area (Å²) in [5.41, 5.74) is 3.32. The van der Waals surface area contributed by atoms with Gasteiger partial charge in [-0.3, -0.25) is 0 Å². The van der Waals surface area contributed by atoms with Crippen molar-refractivity contribution in [3.8, 4) is 0 Å². The zero-order chi connectivity index (χ0) is 14.1. The van der Waals surface area contributed by atoms with E-state index in [4.69, 9.17) is 32.6 Å². The zero-order valence-corrected chi connectivity index (χ0v) is 13.1. The van der Waals surface area contributed by atoms with Crippen LogP contribution in [0.1, 0.15) is 40.5 Å². The van der Waals surface area contributed by atoms with E-state index < -0.39 is 11.2 Å². The Kier molecular flexibility index (Phi) is 14.8. The van der Waals surface area contributed by atoms with Crippen molar-refractivity contribution in [2.75, 3.05) is 5.88 Å². The number of aliphatic hydroxyl groups is 2. The molecule has 0 rings (SSSR count). The first kappa shape index (κ1) is 23.5. The Morgan fingerprint density at radius 2 is 1.61 bits per heavy atom. The van der Waals surface area contributed by atoms with Gasteiger partial charge in [0.05, 0.1) is 17.4 Å². The van der Waals surface area contributed by atoms with E-state index in [0.29, 0.717) is 12.3 Å². The minimum absolute atomic E-state index is 0. The molecule has 0 heterocycles. The Morgan fingerprint density at radius 1 is 1.22 bits per heavy atom. The SMILES string of the molecule is CC(C)(O)C(C)(C)O.Cl.NC(CCCCl)OBO. The maximum atomic E-state index is 9.10. The van der Waals surface area contributed by atoms with Gasteiger partial charge in [-0.05, 0) is 40.5 Å². The second-order valence-corrected chi connectivity index (χ2v) is 5.16. The molecule has 0 aliphatic heterocycles. The maximum absolute atomic E-state index is 9.10. The zero-order valence-electron chi connectivity index (χ0n) is 11.5. The molecule has 0 aromatic heterocycles. The van der Waals surface area contributed by atoms with Gasteiger partial charge in [-0.15, -0.1) is 24.0 Å². The summed E-state index contributed by atoms with van der Waals surface area (Å²) in [5.74, 6) is 0.586. The lowest BCUT2D eigenvalue weighted by molar-refractivity contribution is -0.107. The summed E-state index contributed by atoms with van der Waals surface area (Å²) in [6.45, 7) is 6.31. The molecule has 0 radical (unpaired) electrons. The molecule has 0 bridgehead atoms. The van der Waals surface area contributed by atoms with Gasteiger partial charge in [-0.25, -0.2) is 0 Å². The quantitative estimate of drug-likeness (QED) is 0.326. The van der Waals surface area contributed by atoms with Gasteiger partial charge in [0.25, 0.3) is 0 Å². The monoisotopic (exact) mass is 305 g/mol. The topological polar surface area (TPSA) is 95.9 Å². The fourth-order valence-electron chi connectivity index (χ4n) is 0.457. The van der Waals surface area contributed by atoms with Crippen molar-refractivity contribution >= 4 is 31.7 Å². The third kappa shape index (κ3) is 14.5. The average molecular weight is 306 g/mol. The number of halogens is 2. The molecule has 0 amide bonds. The predicted molar refractivity (Wildman–Crippen MR) is 78.2 cm³/mol. The molecule has 112 valence electrons. The minimum atomic E-state index is -1.01. The first-order valence-corrected chi connectivity index (χ1v) is 6.08. The molecule has 5 N–H and O–H groups in total. The molecule has 0 aromatic rings. The van der Waals surface area contributed by atoms with Crippen LogP contribution in [0.15, 0.2) is 0 Å². The molecule has 0 aromatic carbocycles. The Balaban J connectivity index is -0.000000238. The molecule has 5 nitrogen and oxygen atoms in total. The smallest absolute Gasteiger partial charge is 0.430 e. The van der Waals surface area contributed by atoms with Gasteiger partial charge in [0.1, 0.15) is 0 Å². The Bertz CT molecular complexity index is 174. The van der Waals surface area contributed by atoms with Crippen LogP contribution in [-0.2, 0) is 4.65 Å². The van der Waals surface area contributed by atoms with Crippen molar-refractivity contribution in [2.24, 2.45) is 5.73 Å². The van der Waals surface area contributed by atoms with E-state index >= 15 is 0 Å². The van der Waals surface area contributed by atoms with E-state index in [1.807, 2.05) is 0 Å². The van der Waals surface area contributed by atoms with Crippen molar-refractivity contribution in [3.63, 3.8) is 0 Å². The summed E-state index contributed by atoms with van der Waals surface area (Å²) < 4.78 is 4.62. The minimum Gasteiger partial charge on any atom is -0.430 e. The van der Waals surface area contributed by atoms with Crippen LogP contribution in [0.25, 0.3) is 0 Å². The summed E-state index contributed by atoms with van der Waals surface area (Å²) >= 11 is 5.37. The second-order valence-electron chi connectivity index (χ2n) is 4.78. The molecule has 18 heavy (non-hydrogen) atoms. The van der Waals surface area contributed by atoms with Crippen LogP contribution in [0.5, 0.6) is 0 Å². The van der Waals surface area contributed by atoms with Crippen LogP contribution in [-0.4, -0.2) is 46.2 Å². The number of hydrogen-bond donors (Lipinski definition) is 4. The van der Waals surface area contributed by atoms with Crippen LogP contribution >= 0.6 is 24.0 Å². The molecular weight excluding hydrogens is 280 g/mol. The third-order valence-electron chi connectivity index (χ3n) is 2.41. The summed E-state index contributed by atoms with van der Waals surface area (Å²) in [6.07, 6.45) is 1.15. The molecule has 0 spiro atoms. The van der Waals surface area contributed by atoms with E-state index in [0.717, 1.165) is 6.42 Å². The van der Waals surface area contributed by atoms with Crippen molar-refractivity contribution in [1.29, 1.82) is 0 Å². The van der Waals surface area contributed by atoms with E-state index in [-0.39, 0.29) is 26.3 Å². The lowest BCUT2D eigenvalue weighted by Crippen LogP contribution is -2.44. The lowest BCUT2D eigenvalue weighted by atomic mass is 9.90. The molecule has 0 aliphatic carbocycles. The Labute approximate surface area is 121 Å². The van der Waals surface area contributed by atoms with E-state index in [1.165, 1.54) is 0 Å². The van der Waals surface area contributed by atoms with Gasteiger partial charge >= 0.3 is 7.69 Å². The molecular formula is C10H26BCl2NO4. The van der Waals surface area contributed by atoms with Crippen LogP contribution in [0.3, 0.4) is 0 Å². The molecule has 0 fully saturated rings. The summed E-state index contributed by atoms with van der Waals surface area (Å²) in [6, 6.07) is 0. The highest BCUT2D eigenvalue weighted by Gasteiger charge is 2.31. The summed E-state index contributed by atoms with van der Waals surface area (Å²) in [4.78, 5) is 0. The molecule has 0 aliphatic rings. The van der Waals surface area contributed by atoms with Crippen molar-refractivity contribution in [2.45, 2.75) is 58.0 Å². The van der Waals surface area contributed by atoms with E-state index in [2.05, 4.69) is 4.65 Å². The number of rotatable bonds is 6. The average Bonchev–Trinajstić information content (AvgIpc) is 2.13. The fourth-order valence-corrected chi connectivity index (χ4v) is 0.612. The summed E-state index contributed by atoms with van der Waals surface area (Å²) in [7, 11) is -0.316. The lowest BCUT2D eigenvalue weighted by Gasteiger charge is -2.31. The summed E-state index contributed by atoms with van der Waals surface area (Å²) in [5, 5.41) is 26.4. The Morgan fingerprint density at radius 3 is 1.83 bits per heavy atom. The van der Waals surface area contributed by atoms with E-state index in [1.54, 1.807) is 27.7 Å². The van der Waals surface area contributed by atoms with Gasteiger partial charge < -0.3 is 25.6 Å². The number of hydrogen-bond acceptors (Lipinski definition) is 5. The third-order valence-corrected chi connectivity index (χ3v) is 2.68. The van der Waals surface area contributed by atoms with Crippen molar-refractivity contribution < 1.29 is 19.9 Å². The predicted octanol–water partition coefficient (Wildman–Crippen LogP) is 0.516. The first-order valence-electron chi connectivity index (χ1n) is 5.55. The molecule has 0 saturated carbocycles. The molecule has 1 unspecified atom stereocenters. The van der Waals surface area contributed by atoms with Crippen LogP contribution in [0.4, 0.5) is 0 Å². The van der Waals surface area contributed by atoms with Gasteiger partial charge in [0.2, 0.25) is 0 Å². The maximum Gasteiger partial charge on any atom is 0.436 e. The Hall–Kier alpha value is 0.445. The number of nitrogens with two attached hydrogens (primary N) is 1. The molecule has 8 heteroatoms. The first-order chi connectivity index (χ1) is 7.56. The highest BCUT2D eigenvalue weighted by Crippen LogP contribution is 2.19. The van der Waals surface area contributed by atoms with E-state index in [9.17, 15) is 0 Å². The largest absolute Gasteiger partial charge is 0.436 e. The fraction of sp³-hybridized carbons (Fsp3) is 1.00. The van der Waals surface area contributed by atoms with Gasteiger partial charge in [-0.2, -0.15) is 0 Å². The second kappa shape index (κ2) is 11.3. The highest BCUT2D eigenvalue weighted by molar-refractivity contribution is 6.17. The molecule has 0 saturated heterocycles. The highest BCUT2D eigenvalue weighted by atomic mass is 35.5. The van der Waals surface area contributed by atoms with Crippen molar-refractivity contribution in [1.82, 2.24) is 0 Å². The van der Waals surface area contributed by atoms with Crippen LogP contribution < -0.4 is 5.73 Å². The van der Waals surface area contributed by atoms with Gasteiger partial charge in [0, 0.05) is 5.88 Å². The standard InChI is InChI=1S/C6H14O2.C4H11BClNO2.ClH/c1-5(2,7)6(3,4)8;6-3-1-2-4(7)9-5-8;/h7-8H,1-4H3;4-5,8H,1-3,7H2;1H. The molecule has 1 atom stereocenters. The van der Waals surface area contributed by atoms with Gasteiger partial charge in [0.15, 0.2) is 0 Å². The van der Waals surface area contributed by atoms with Gasteiger partial charge in [-0.1, -0.05) is 0 Å². The van der Waals surface area contributed by atoms with Crippen molar-refractivity contribution in [3.05, 3.63) is 0 Å². The van der Waals surface area contributed by atoms with Crippen LogP contribution in [0, 0.1) is 0 Å². The number of alkyl halides is 1.